The van der Waals surface area contributed by atoms with Gasteiger partial charge in [0.1, 0.15) is 12.6 Å². The summed E-state index contributed by atoms with van der Waals surface area (Å²) < 4.78 is 12.4. The quantitative estimate of drug-likeness (QED) is 0.732. The number of ether oxygens (including phenoxy) is 1. The maximum Gasteiger partial charge on any atom is 0.255 e. The molecule has 1 aromatic carbocycles. The van der Waals surface area contributed by atoms with Gasteiger partial charge in [-0.2, -0.15) is 10.1 Å². The molecule has 0 spiro atoms. The van der Waals surface area contributed by atoms with Crippen molar-refractivity contribution in [2.75, 3.05) is 13.2 Å². The summed E-state index contributed by atoms with van der Waals surface area (Å²) in [6, 6.07) is 7.80. The number of para-hydroxylation sites is 1. The highest BCUT2D eigenvalue weighted by Gasteiger charge is 2.23. The minimum atomic E-state index is -0.100. The fourth-order valence-electron chi connectivity index (χ4n) is 2.93. The Morgan fingerprint density at radius 3 is 3.16 bits per heavy atom. The lowest BCUT2D eigenvalue weighted by Gasteiger charge is -2.05. The molecular weight excluding hydrogens is 322 g/mol. The molecule has 0 saturated carbocycles. The molecule has 3 aromatic rings. The zero-order valence-corrected chi connectivity index (χ0v) is 13.7. The van der Waals surface area contributed by atoms with E-state index in [1.165, 1.54) is 0 Å². The standard InChI is InChI=1S/C17H19N5O3/c23-16(11-22-13-5-2-1-4-12(13)10-19-22)18-8-7-15-20-17(25-21-15)14-6-3-9-24-14/h1-2,4-5,10,14H,3,6-9,11H2,(H,18,23). The summed E-state index contributed by atoms with van der Waals surface area (Å²) in [7, 11) is 0. The first kappa shape index (κ1) is 15.8. The predicted octanol–water partition coefficient (Wildman–Crippen LogP) is 1.63. The highest BCUT2D eigenvalue weighted by atomic mass is 16.5. The van der Waals surface area contributed by atoms with E-state index in [9.17, 15) is 4.79 Å². The zero-order chi connectivity index (χ0) is 17.1. The van der Waals surface area contributed by atoms with Crippen molar-refractivity contribution in [3.8, 4) is 0 Å². The van der Waals surface area contributed by atoms with Crippen LogP contribution in [0.1, 0.15) is 30.7 Å². The molecule has 1 atom stereocenters. The van der Waals surface area contributed by atoms with Crippen molar-refractivity contribution in [1.82, 2.24) is 25.2 Å². The lowest BCUT2D eigenvalue weighted by atomic mass is 10.2. The number of hydrogen-bond acceptors (Lipinski definition) is 6. The van der Waals surface area contributed by atoms with E-state index in [4.69, 9.17) is 9.26 Å². The van der Waals surface area contributed by atoms with Crippen molar-refractivity contribution in [2.24, 2.45) is 0 Å². The van der Waals surface area contributed by atoms with Gasteiger partial charge in [0.15, 0.2) is 5.82 Å². The molecule has 0 aliphatic carbocycles. The number of nitrogens with one attached hydrogen (secondary N) is 1. The molecule has 1 aliphatic rings. The van der Waals surface area contributed by atoms with E-state index in [1.54, 1.807) is 10.9 Å². The van der Waals surface area contributed by atoms with Crippen molar-refractivity contribution in [3.05, 3.63) is 42.2 Å². The van der Waals surface area contributed by atoms with Crippen LogP contribution in [0.3, 0.4) is 0 Å². The first-order valence-corrected chi connectivity index (χ1v) is 8.41. The second kappa shape index (κ2) is 7.02. The predicted molar refractivity (Wildman–Crippen MR) is 88.7 cm³/mol. The molecule has 2 aromatic heterocycles. The number of aromatic nitrogens is 4. The third-order valence-corrected chi connectivity index (χ3v) is 4.20. The number of rotatable bonds is 6. The van der Waals surface area contributed by atoms with Gasteiger partial charge in [-0.15, -0.1) is 0 Å². The molecule has 0 radical (unpaired) electrons. The fourth-order valence-corrected chi connectivity index (χ4v) is 2.93. The monoisotopic (exact) mass is 341 g/mol. The first-order chi connectivity index (χ1) is 12.3. The Balaban J connectivity index is 1.27. The van der Waals surface area contributed by atoms with E-state index < -0.39 is 0 Å². The van der Waals surface area contributed by atoms with E-state index in [0.717, 1.165) is 30.4 Å². The summed E-state index contributed by atoms with van der Waals surface area (Å²) in [6.07, 6.45) is 4.12. The maximum atomic E-state index is 12.1. The van der Waals surface area contributed by atoms with Gasteiger partial charge in [0.25, 0.3) is 5.89 Å². The molecule has 1 aliphatic heterocycles. The van der Waals surface area contributed by atoms with E-state index in [-0.39, 0.29) is 18.6 Å². The van der Waals surface area contributed by atoms with Crippen LogP contribution in [0.15, 0.2) is 35.0 Å². The lowest BCUT2D eigenvalue weighted by Crippen LogP contribution is -2.29. The van der Waals surface area contributed by atoms with Gasteiger partial charge in [0.05, 0.1) is 11.7 Å². The molecule has 0 bridgehead atoms. The average molecular weight is 341 g/mol. The van der Waals surface area contributed by atoms with E-state index >= 15 is 0 Å². The first-order valence-electron chi connectivity index (χ1n) is 8.41. The molecule has 1 saturated heterocycles. The SMILES string of the molecule is O=C(Cn1ncc2ccccc21)NCCc1noc(C2CCCO2)n1. The molecule has 25 heavy (non-hydrogen) atoms. The second-order valence-corrected chi connectivity index (χ2v) is 6.01. The zero-order valence-electron chi connectivity index (χ0n) is 13.7. The largest absolute Gasteiger partial charge is 0.368 e. The van der Waals surface area contributed by atoms with E-state index in [2.05, 4.69) is 20.6 Å². The van der Waals surface area contributed by atoms with E-state index in [0.29, 0.717) is 24.7 Å². The van der Waals surface area contributed by atoms with Gasteiger partial charge in [0.2, 0.25) is 5.91 Å². The number of carbonyl (C=O) groups is 1. The van der Waals surface area contributed by atoms with Gasteiger partial charge in [0, 0.05) is 25.0 Å². The number of nitrogens with zero attached hydrogens (tertiary/aromatic N) is 4. The summed E-state index contributed by atoms with van der Waals surface area (Å²) in [5.41, 5.74) is 0.942. The van der Waals surface area contributed by atoms with Gasteiger partial charge in [-0.3, -0.25) is 9.48 Å². The molecule has 3 heterocycles. The van der Waals surface area contributed by atoms with Gasteiger partial charge in [-0.1, -0.05) is 23.4 Å². The number of benzene rings is 1. The van der Waals surface area contributed by atoms with Crippen LogP contribution in [0.2, 0.25) is 0 Å². The molecular formula is C17H19N5O3. The minimum absolute atomic E-state index is 0.0797. The molecule has 1 amide bonds. The number of fused-ring (bicyclic) bond motifs is 1. The Labute approximate surface area is 144 Å². The molecule has 1 fully saturated rings. The van der Waals surface area contributed by atoms with E-state index in [1.807, 2.05) is 24.3 Å². The molecule has 4 rings (SSSR count). The number of hydrogen-bond donors (Lipinski definition) is 1. The smallest absolute Gasteiger partial charge is 0.255 e. The molecule has 130 valence electrons. The van der Waals surface area contributed by atoms with Crippen LogP contribution < -0.4 is 5.32 Å². The van der Waals surface area contributed by atoms with Crippen molar-refractivity contribution in [1.29, 1.82) is 0 Å². The molecule has 1 unspecified atom stereocenters. The minimum Gasteiger partial charge on any atom is -0.368 e. The Morgan fingerprint density at radius 1 is 1.36 bits per heavy atom. The maximum absolute atomic E-state index is 12.1. The Hall–Kier alpha value is -2.74. The highest BCUT2D eigenvalue weighted by Crippen LogP contribution is 2.26. The van der Waals surface area contributed by atoms with Crippen LogP contribution in [0.25, 0.3) is 10.9 Å². The summed E-state index contributed by atoms with van der Waals surface area (Å²) in [4.78, 5) is 16.4. The Bertz CT molecular complexity index is 866. The van der Waals surface area contributed by atoms with Crippen LogP contribution in [0, 0.1) is 0 Å². The molecule has 1 N–H and O–H groups in total. The van der Waals surface area contributed by atoms with Gasteiger partial charge in [-0.05, 0) is 18.9 Å². The Morgan fingerprint density at radius 2 is 2.28 bits per heavy atom. The van der Waals surface area contributed by atoms with Crippen LogP contribution in [0.5, 0.6) is 0 Å². The van der Waals surface area contributed by atoms with Crippen molar-refractivity contribution in [3.63, 3.8) is 0 Å². The second-order valence-electron chi connectivity index (χ2n) is 6.01. The van der Waals surface area contributed by atoms with Crippen LogP contribution in [-0.2, 0) is 22.5 Å². The third-order valence-electron chi connectivity index (χ3n) is 4.20. The van der Waals surface area contributed by atoms with Crippen molar-refractivity contribution < 1.29 is 14.1 Å². The molecule has 8 heteroatoms. The van der Waals surface area contributed by atoms with Gasteiger partial charge < -0.3 is 14.6 Å². The number of amides is 1. The summed E-state index contributed by atoms with van der Waals surface area (Å²) in [5, 5.41) is 12.1. The lowest BCUT2D eigenvalue weighted by molar-refractivity contribution is -0.121. The third kappa shape index (κ3) is 3.53. The number of carbonyl (C=O) groups excluding carboxylic acids is 1. The summed E-state index contributed by atoms with van der Waals surface area (Å²) >= 11 is 0. The fraction of sp³-hybridized carbons (Fsp3) is 0.412. The van der Waals surface area contributed by atoms with Gasteiger partial charge >= 0.3 is 0 Å². The van der Waals surface area contributed by atoms with Crippen LogP contribution in [-0.4, -0.2) is 39.0 Å². The Kier molecular flexibility index (Phi) is 4.43. The van der Waals surface area contributed by atoms with Crippen molar-refractivity contribution in [2.45, 2.75) is 31.9 Å². The van der Waals surface area contributed by atoms with Gasteiger partial charge in [-0.25, -0.2) is 0 Å². The van der Waals surface area contributed by atoms with Crippen molar-refractivity contribution >= 4 is 16.8 Å². The molecule has 8 nitrogen and oxygen atoms in total. The summed E-state index contributed by atoms with van der Waals surface area (Å²) in [6.45, 7) is 1.37. The normalized spacial score (nSPS) is 17.2. The average Bonchev–Trinajstić information content (AvgIpc) is 3.35. The highest BCUT2D eigenvalue weighted by molar-refractivity contribution is 5.81. The topological polar surface area (TPSA) is 95.1 Å². The van der Waals surface area contributed by atoms with Crippen LogP contribution in [0.4, 0.5) is 0 Å². The van der Waals surface area contributed by atoms with Crippen LogP contribution >= 0.6 is 0 Å². The summed E-state index contributed by atoms with van der Waals surface area (Å²) in [5.74, 6) is 1.01.